The Labute approximate surface area is 80.7 Å². The second kappa shape index (κ2) is 3.91. The van der Waals surface area contributed by atoms with Gasteiger partial charge in [0.05, 0.1) is 7.11 Å². The molecule has 1 aromatic carbocycles. The summed E-state index contributed by atoms with van der Waals surface area (Å²) in [6.45, 7) is 0. The van der Waals surface area contributed by atoms with E-state index in [9.17, 15) is 12.8 Å². The summed E-state index contributed by atoms with van der Waals surface area (Å²) in [5, 5.41) is 0. The van der Waals surface area contributed by atoms with Crippen LogP contribution in [0.4, 0.5) is 4.39 Å². The molecule has 7 heteroatoms. The van der Waals surface area contributed by atoms with Crippen LogP contribution in [0.15, 0.2) is 23.1 Å². The first kappa shape index (κ1) is 10.9. The first-order valence-corrected chi connectivity index (χ1v) is 5.06. The van der Waals surface area contributed by atoms with Gasteiger partial charge in [0.1, 0.15) is 11.6 Å². The lowest BCUT2D eigenvalue weighted by atomic mass is 10.3. The minimum absolute atomic E-state index is 0.0945. The molecule has 0 saturated carbocycles. The van der Waals surface area contributed by atoms with Crippen molar-refractivity contribution >= 4 is 10.0 Å². The number of hydrogen-bond donors (Lipinski definition) is 2. The number of hydrazine groups is 1. The summed E-state index contributed by atoms with van der Waals surface area (Å²) in [4.78, 5) is 0.933. The third-order valence-electron chi connectivity index (χ3n) is 1.57. The van der Waals surface area contributed by atoms with Crippen LogP contribution in [0.5, 0.6) is 5.75 Å². The van der Waals surface area contributed by atoms with E-state index >= 15 is 0 Å². The molecule has 5 nitrogen and oxygen atoms in total. The molecular formula is C7H9FN2O3S. The van der Waals surface area contributed by atoms with Crippen molar-refractivity contribution in [2.45, 2.75) is 4.90 Å². The Morgan fingerprint density at radius 1 is 1.50 bits per heavy atom. The molecular weight excluding hydrogens is 211 g/mol. The molecule has 0 aliphatic rings. The van der Waals surface area contributed by atoms with Crippen molar-refractivity contribution in [1.29, 1.82) is 0 Å². The molecule has 0 aliphatic heterocycles. The molecule has 1 aromatic rings. The number of sulfonamides is 1. The zero-order valence-electron chi connectivity index (χ0n) is 7.32. The Hall–Kier alpha value is -1.18. The molecule has 14 heavy (non-hydrogen) atoms. The minimum Gasteiger partial charge on any atom is -0.495 e. The van der Waals surface area contributed by atoms with E-state index in [-0.39, 0.29) is 5.75 Å². The first-order valence-electron chi connectivity index (χ1n) is 3.58. The van der Waals surface area contributed by atoms with Gasteiger partial charge in [-0.1, -0.05) is 6.07 Å². The standard InChI is InChI=1S/C7H9FN2O3S/c1-13-6-4-2-3-5(8)7(6)14(11,12)10-9/h2-4,10H,9H2,1H3. The molecule has 0 amide bonds. The van der Waals surface area contributed by atoms with Gasteiger partial charge in [0.25, 0.3) is 10.0 Å². The molecule has 78 valence electrons. The van der Waals surface area contributed by atoms with E-state index in [1.807, 2.05) is 0 Å². The Morgan fingerprint density at radius 2 is 2.14 bits per heavy atom. The monoisotopic (exact) mass is 220 g/mol. The lowest BCUT2D eigenvalue weighted by Gasteiger charge is -2.08. The van der Waals surface area contributed by atoms with Crippen LogP contribution in [0.3, 0.4) is 0 Å². The summed E-state index contributed by atoms with van der Waals surface area (Å²) in [5.74, 6) is 3.76. The Morgan fingerprint density at radius 3 is 2.64 bits per heavy atom. The van der Waals surface area contributed by atoms with E-state index in [0.29, 0.717) is 0 Å². The van der Waals surface area contributed by atoms with E-state index in [4.69, 9.17) is 10.6 Å². The minimum atomic E-state index is -4.04. The SMILES string of the molecule is COc1cccc(F)c1S(=O)(=O)NN. The van der Waals surface area contributed by atoms with Crippen molar-refractivity contribution < 1.29 is 17.5 Å². The predicted molar refractivity (Wildman–Crippen MR) is 47.5 cm³/mol. The van der Waals surface area contributed by atoms with Crippen molar-refractivity contribution in [1.82, 2.24) is 4.83 Å². The number of halogens is 1. The molecule has 0 spiro atoms. The lowest BCUT2D eigenvalue weighted by Crippen LogP contribution is -2.31. The van der Waals surface area contributed by atoms with Crippen LogP contribution in [0.25, 0.3) is 0 Å². The van der Waals surface area contributed by atoms with Gasteiger partial charge in [0, 0.05) is 0 Å². The highest BCUT2D eigenvalue weighted by molar-refractivity contribution is 7.89. The smallest absolute Gasteiger partial charge is 0.259 e. The van der Waals surface area contributed by atoms with Gasteiger partial charge in [-0.15, -0.1) is 4.83 Å². The second-order valence-corrected chi connectivity index (χ2v) is 4.04. The number of nitrogens with one attached hydrogen (secondary N) is 1. The number of benzene rings is 1. The van der Waals surface area contributed by atoms with Crippen LogP contribution in [0.1, 0.15) is 0 Å². The summed E-state index contributed by atoms with van der Waals surface area (Å²) in [5.41, 5.74) is 0. The van der Waals surface area contributed by atoms with Crippen LogP contribution in [-0.2, 0) is 10.0 Å². The molecule has 0 radical (unpaired) electrons. The molecule has 3 N–H and O–H groups in total. The highest BCUT2D eigenvalue weighted by Crippen LogP contribution is 2.25. The molecule has 0 saturated heterocycles. The van der Waals surface area contributed by atoms with Crippen molar-refractivity contribution in [3.8, 4) is 5.75 Å². The molecule has 1 rings (SSSR count). The average molecular weight is 220 g/mol. The lowest BCUT2D eigenvalue weighted by molar-refractivity contribution is 0.394. The van der Waals surface area contributed by atoms with Crippen LogP contribution in [0, 0.1) is 5.82 Å². The van der Waals surface area contributed by atoms with Crippen molar-refractivity contribution in [3.05, 3.63) is 24.0 Å². The van der Waals surface area contributed by atoms with Crippen LogP contribution in [0.2, 0.25) is 0 Å². The van der Waals surface area contributed by atoms with Crippen molar-refractivity contribution in [2.75, 3.05) is 7.11 Å². The zero-order chi connectivity index (χ0) is 10.8. The Bertz CT molecular complexity index is 433. The van der Waals surface area contributed by atoms with E-state index in [2.05, 4.69) is 0 Å². The Kier molecular flexibility index (Phi) is 3.04. The average Bonchev–Trinajstić information content (AvgIpc) is 2.17. The normalized spacial score (nSPS) is 11.4. The predicted octanol–water partition coefficient (Wildman–Crippen LogP) is -0.0137. The molecule has 0 aromatic heterocycles. The maximum absolute atomic E-state index is 13.2. The second-order valence-electron chi connectivity index (χ2n) is 2.39. The van der Waals surface area contributed by atoms with E-state index in [1.165, 1.54) is 24.1 Å². The quantitative estimate of drug-likeness (QED) is 0.554. The largest absolute Gasteiger partial charge is 0.495 e. The van der Waals surface area contributed by atoms with Gasteiger partial charge < -0.3 is 4.74 Å². The van der Waals surface area contributed by atoms with Gasteiger partial charge in [-0.2, -0.15) is 0 Å². The van der Waals surface area contributed by atoms with Gasteiger partial charge >= 0.3 is 0 Å². The number of methoxy groups -OCH3 is 1. The molecule has 0 bridgehead atoms. The van der Waals surface area contributed by atoms with Crippen LogP contribution >= 0.6 is 0 Å². The first-order chi connectivity index (χ1) is 6.53. The third-order valence-corrected chi connectivity index (χ3v) is 2.82. The van der Waals surface area contributed by atoms with Gasteiger partial charge in [-0.25, -0.2) is 12.8 Å². The summed E-state index contributed by atoms with van der Waals surface area (Å²) in [6, 6.07) is 3.67. The van der Waals surface area contributed by atoms with E-state index in [1.54, 1.807) is 0 Å². The fourth-order valence-corrected chi connectivity index (χ4v) is 1.83. The topological polar surface area (TPSA) is 81.4 Å². The maximum atomic E-state index is 13.2. The summed E-state index contributed by atoms with van der Waals surface area (Å²) >= 11 is 0. The molecule has 0 aliphatic carbocycles. The third kappa shape index (κ3) is 1.84. The van der Waals surface area contributed by atoms with Gasteiger partial charge in [0.15, 0.2) is 4.90 Å². The molecule has 0 fully saturated rings. The molecule has 0 unspecified atom stereocenters. The number of hydrogen-bond acceptors (Lipinski definition) is 4. The van der Waals surface area contributed by atoms with Gasteiger partial charge in [-0.05, 0) is 12.1 Å². The van der Waals surface area contributed by atoms with Crippen LogP contribution in [-0.4, -0.2) is 15.5 Å². The highest BCUT2D eigenvalue weighted by Gasteiger charge is 2.22. The fraction of sp³-hybridized carbons (Fsp3) is 0.143. The van der Waals surface area contributed by atoms with Crippen molar-refractivity contribution in [3.63, 3.8) is 0 Å². The number of rotatable bonds is 3. The van der Waals surface area contributed by atoms with Gasteiger partial charge in [-0.3, -0.25) is 5.84 Å². The molecule has 0 atom stereocenters. The van der Waals surface area contributed by atoms with Crippen molar-refractivity contribution in [2.24, 2.45) is 5.84 Å². The molecule has 0 heterocycles. The summed E-state index contributed by atoms with van der Waals surface area (Å²) in [7, 11) is -2.80. The van der Waals surface area contributed by atoms with E-state index < -0.39 is 20.7 Å². The fourth-order valence-electron chi connectivity index (χ4n) is 0.970. The van der Waals surface area contributed by atoms with Gasteiger partial charge in [0.2, 0.25) is 0 Å². The Balaban J connectivity index is 3.46. The summed E-state index contributed by atoms with van der Waals surface area (Å²) < 4.78 is 40.4. The van der Waals surface area contributed by atoms with E-state index in [0.717, 1.165) is 6.07 Å². The maximum Gasteiger partial charge on any atom is 0.259 e. The zero-order valence-corrected chi connectivity index (χ0v) is 8.14. The number of nitrogens with two attached hydrogens (primary N) is 1. The highest BCUT2D eigenvalue weighted by atomic mass is 32.2. The van der Waals surface area contributed by atoms with Crippen LogP contribution < -0.4 is 15.4 Å². The summed E-state index contributed by atoms with van der Waals surface area (Å²) in [6.07, 6.45) is 0. The number of ether oxygens (including phenoxy) is 1.